The number of carbonyl (C=O) groups is 1. The summed E-state index contributed by atoms with van der Waals surface area (Å²) in [5, 5.41) is 15.2. The lowest BCUT2D eigenvalue weighted by atomic mass is 10.1. The molecule has 1 aromatic heterocycles. The van der Waals surface area contributed by atoms with Gasteiger partial charge in [-0.25, -0.2) is 4.99 Å². The zero-order valence-corrected chi connectivity index (χ0v) is 22.9. The number of aromatic nitrogens is 1. The molecule has 200 valence electrons. The maximum Gasteiger partial charge on any atom is 0.306 e. The Morgan fingerprint density at radius 3 is 2.70 bits per heavy atom. The van der Waals surface area contributed by atoms with Gasteiger partial charge in [0, 0.05) is 37.0 Å². The molecule has 10 heteroatoms. The lowest BCUT2D eigenvalue weighted by Gasteiger charge is -2.38. The number of H-pyrrole nitrogens is 1. The molecule has 3 rings (SSSR count). The van der Waals surface area contributed by atoms with E-state index < -0.39 is 0 Å². The van der Waals surface area contributed by atoms with Crippen LogP contribution < -0.4 is 10.6 Å². The molecule has 1 aliphatic heterocycles. The topological polar surface area (TPSA) is 115 Å². The number of rotatable bonds is 9. The number of amidine groups is 2. The summed E-state index contributed by atoms with van der Waals surface area (Å²) >= 11 is 5.33. The molecule has 0 aliphatic carbocycles. The van der Waals surface area contributed by atoms with Crippen LogP contribution in [-0.4, -0.2) is 71.1 Å². The summed E-state index contributed by atoms with van der Waals surface area (Å²) in [6.07, 6.45) is 3.41. The molecule has 0 bridgehead atoms. The van der Waals surface area contributed by atoms with E-state index >= 15 is 0 Å². The van der Waals surface area contributed by atoms with Gasteiger partial charge in [0.1, 0.15) is 6.61 Å². The van der Waals surface area contributed by atoms with Crippen molar-refractivity contribution >= 4 is 40.7 Å². The van der Waals surface area contributed by atoms with Crippen molar-refractivity contribution in [2.75, 3.05) is 31.6 Å². The number of aromatic amines is 1. The van der Waals surface area contributed by atoms with Crippen LogP contribution in [0.2, 0.25) is 0 Å². The van der Waals surface area contributed by atoms with Crippen molar-refractivity contribution in [3.05, 3.63) is 53.9 Å². The Morgan fingerprint density at radius 1 is 1.30 bits per heavy atom. The number of carbonyl (C=O) groups excluding carboxylic acids is 1. The van der Waals surface area contributed by atoms with Crippen LogP contribution in [0.25, 0.3) is 0 Å². The number of benzene rings is 1. The average Bonchev–Trinajstić information content (AvgIpc) is 3.39. The molecule has 0 saturated carbocycles. The van der Waals surface area contributed by atoms with Crippen LogP contribution in [0, 0.1) is 11.3 Å². The third-order valence-corrected chi connectivity index (χ3v) is 6.03. The molecule has 2 aromatic rings. The third kappa shape index (κ3) is 8.98. The summed E-state index contributed by atoms with van der Waals surface area (Å²) in [5.41, 5.74) is 2.35. The molecule has 1 aromatic carbocycles. The second-order valence-electron chi connectivity index (χ2n) is 9.53. The predicted octanol–water partition coefficient (Wildman–Crippen LogP) is 4.16. The smallest absolute Gasteiger partial charge is 0.306 e. The van der Waals surface area contributed by atoms with Crippen LogP contribution in [-0.2, 0) is 14.3 Å². The monoisotopic (exact) mass is 526 g/mol. The first-order valence-electron chi connectivity index (χ1n) is 12.8. The van der Waals surface area contributed by atoms with E-state index in [1.807, 2.05) is 56.4 Å². The van der Waals surface area contributed by atoms with E-state index in [4.69, 9.17) is 32.1 Å². The fraction of sp³-hybridized carbons (Fsp3) is 0.481. The van der Waals surface area contributed by atoms with Gasteiger partial charge in [-0.2, -0.15) is 0 Å². The Morgan fingerprint density at radius 2 is 2.05 bits per heavy atom. The lowest BCUT2D eigenvalue weighted by molar-refractivity contribution is -0.144. The number of morpholine rings is 1. The summed E-state index contributed by atoms with van der Waals surface area (Å²) in [7, 11) is 0. The SMILES string of the molecule is CC[C@@H]1CN(C(=NC(=N)c2ccc(NC(=S)NCCOC(=O)CC(C)C)cc2)c2ccc[nH]2)C[C@H](C)O1. The Hall–Kier alpha value is -3.24. The molecular weight excluding hydrogens is 488 g/mol. The number of nitrogens with zero attached hydrogens (tertiary/aromatic N) is 2. The van der Waals surface area contributed by atoms with Crippen molar-refractivity contribution in [1.29, 1.82) is 5.41 Å². The molecule has 1 aliphatic rings. The zero-order valence-electron chi connectivity index (χ0n) is 22.0. The van der Waals surface area contributed by atoms with Crippen LogP contribution >= 0.6 is 12.2 Å². The molecule has 1 saturated heterocycles. The molecule has 0 radical (unpaired) electrons. The van der Waals surface area contributed by atoms with Gasteiger partial charge in [0.05, 0.1) is 24.4 Å². The first-order valence-corrected chi connectivity index (χ1v) is 13.2. The molecule has 2 heterocycles. The van der Waals surface area contributed by atoms with E-state index in [1.165, 1.54) is 0 Å². The minimum atomic E-state index is -0.205. The third-order valence-electron chi connectivity index (χ3n) is 5.78. The normalized spacial score (nSPS) is 18.0. The van der Waals surface area contributed by atoms with Crippen LogP contribution in [0.3, 0.4) is 0 Å². The Kier molecular flexibility index (Phi) is 10.6. The van der Waals surface area contributed by atoms with Crippen molar-refractivity contribution in [3.8, 4) is 0 Å². The molecular formula is C27H38N6O3S. The maximum absolute atomic E-state index is 11.6. The average molecular weight is 527 g/mol. The molecule has 2 atom stereocenters. The lowest BCUT2D eigenvalue weighted by Crippen LogP contribution is -2.49. The number of nitrogens with one attached hydrogen (secondary N) is 4. The quantitative estimate of drug-likeness (QED) is 0.128. The van der Waals surface area contributed by atoms with Gasteiger partial charge >= 0.3 is 5.97 Å². The number of hydrogen-bond donors (Lipinski definition) is 4. The molecule has 0 spiro atoms. The summed E-state index contributed by atoms with van der Waals surface area (Å²) in [5.74, 6) is 0.983. The Balaban J connectivity index is 1.59. The van der Waals surface area contributed by atoms with E-state index in [2.05, 4.69) is 34.4 Å². The van der Waals surface area contributed by atoms with E-state index in [0.717, 1.165) is 30.2 Å². The summed E-state index contributed by atoms with van der Waals surface area (Å²) in [6, 6.07) is 11.3. The van der Waals surface area contributed by atoms with Crippen LogP contribution in [0.1, 0.15) is 51.8 Å². The molecule has 9 nitrogen and oxygen atoms in total. The van der Waals surface area contributed by atoms with Crippen molar-refractivity contribution in [2.45, 2.75) is 52.7 Å². The number of thiocarbonyl (C=S) groups is 1. The second-order valence-corrected chi connectivity index (χ2v) is 9.93. The van der Waals surface area contributed by atoms with E-state index in [0.29, 0.717) is 30.2 Å². The van der Waals surface area contributed by atoms with Crippen molar-refractivity contribution < 1.29 is 14.3 Å². The Bertz CT molecular complexity index is 1070. The van der Waals surface area contributed by atoms with Gasteiger partial charge < -0.3 is 30.0 Å². The predicted molar refractivity (Wildman–Crippen MR) is 151 cm³/mol. The highest BCUT2D eigenvalue weighted by Gasteiger charge is 2.27. The van der Waals surface area contributed by atoms with Gasteiger partial charge in [-0.15, -0.1) is 0 Å². The maximum atomic E-state index is 11.6. The highest BCUT2D eigenvalue weighted by molar-refractivity contribution is 7.80. The van der Waals surface area contributed by atoms with Crippen LogP contribution in [0.15, 0.2) is 47.6 Å². The Labute approximate surface area is 224 Å². The number of anilines is 1. The fourth-order valence-electron chi connectivity index (χ4n) is 3.99. The summed E-state index contributed by atoms with van der Waals surface area (Å²) in [4.78, 5) is 21.8. The van der Waals surface area contributed by atoms with E-state index in [1.54, 1.807) is 0 Å². The number of aliphatic imine (C=N–C) groups is 1. The first-order chi connectivity index (χ1) is 17.7. The molecule has 0 unspecified atom stereocenters. The van der Waals surface area contributed by atoms with Gasteiger partial charge in [0.2, 0.25) is 0 Å². The molecule has 37 heavy (non-hydrogen) atoms. The van der Waals surface area contributed by atoms with Crippen molar-refractivity contribution in [2.24, 2.45) is 10.9 Å². The number of ether oxygens (including phenoxy) is 2. The standard InChI is InChI=1S/C27H38N6O3S/c1-5-22-17-33(16-19(4)36-22)26(23-7-6-12-29-23)32-25(28)20-8-10-21(11-9-20)31-27(37)30-13-14-35-24(34)15-18(2)3/h6-12,18-19,22,28-29H,5,13-17H2,1-4H3,(H2,30,31,37)/t19-,22+/m0/s1. The first kappa shape index (κ1) is 28.3. The van der Waals surface area contributed by atoms with Gasteiger partial charge in [-0.3, -0.25) is 10.2 Å². The second kappa shape index (κ2) is 13.9. The highest BCUT2D eigenvalue weighted by Crippen LogP contribution is 2.18. The summed E-state index contributed by atoms with van der Waals surface area (Å²) in [6.45, 7) is 10.3. The largest absolute Gasteiger partial charge is 0.464 e. The summed E-state index contributed by atoms with van der Waals surface area (Å²) < 4.78 is 11.2. The van der Waals surface area contributed by atoms with Crippen LogP contribution in [0.4, 0.5) is 5.69 Å². The highest BCUT2D eigenvalue weighted by atomic mass is 32.1. The molecule has 1 fully saturated rings. The number of hydrogen-bond acceptors (Lipinski definition) is 5. The van der Waals surface area contributed by atoms with Gasteiger partial charge in [-0.1, -0.05) is 20.8 Å². The van der Waals surface area contributed by atoms with Crippen molar-refractivity contribution in [1.82, 2.24) is 15.2 Å². The minimum absolute atomic E-state index is 0.0861. The van der Waals surface area contributed by atoms with Gasteiger partial charge in [0.25, 0.3) is 0 Å². The van der Waals surface area contributed by atoms with Crippen molar-refractivity contribution in [3.63, 3.8) is 0 Å². The van der Waals surface area contributed by atoms with E-state index in [9.17, 15) is 4.79 Å². The zero-order chi connectivity index (χ0) is 26.8. The van der Waals surface area contributed by atoms with E-state index in [-0.39, 0.29) is 36.5 Å². The molecule has 0 amide bonds. The van der Waals surface area contributed by atoms with Gasteiger partial charge in [0.15, 0.2) is 16.8 Å². The van der Waals surface area contributed by atoms with Crippen LogP contribution in [0.5, 0.6) is 0 Å². The number of esters is 1. The molecule has 4 N–H and O–H groups in total. The van der Waals surface area contributed by atoms with Gasteiger partial charge in [-0.05, 0) is 67.9 Å². The minimum Gasteiger partial charge on any atom is -0.464 e. The fourth-order valence-corrected chi connectivity index (χ4v) is 4.21.